The lowest BCUT2D eigenvalue weighted by atomic mass is 10.0. The fourth-order valence-corrected chi connectivity index (χ4v) is 2.13. The number of hydrogen-bond acceptors (Lipinski definition) is 3. The summed E-state index contributed by atoms with van der Waals surface area (Å²) in [4.78, 5) is 11.8. The minimum absolute atomic E-state index is 0.426. The Labute approximate surface area is 118 Å². The molecule has 1 unspecified atom stereocenters. The van der Waals surface area contributed by atoms with Crippen LogP contribution in [-0.2, 0) is 4.79 Å². The summed E-state index contributed by atoms with van der Waals surface area (Å²) in [7, 11) is 1.59. The number of ether oxygens (including phenoxy) is 1. The van der Waals surface area contributed by atoms with Gasteiger partial charge in [0, 0.05) is 0 Å². The fraction of sp³-hybridized carbons (Fsp3) is 0.188. The summed E-state index contributed by atoms with van der Waals surface area (Å²) in [6, 6.07) is 14.5. The third-order valence-electron chi connectivity index (χ3n) is 3.19. The number of anilines is 1. The Morgan fingerprint density at radius 3 is 2.45 bits per heavy atom. The van der Waals surface area contributed by atoms with Crippen LogP contribution in [0, 0.1) is 6.92 Å². The Kier molecular flexibility index (Phi) is 4.25. The third-order valence-corrected chi connectivity index (χ3v) is 3.19. The van der Waals surface area contributed by atoms with Crippen molar-refractivity contribution >= 4 is 11.6 Å². The molecule has 1 atom stereocenters. The molecule has 4 nitrogen and oxygen atoms in total. The first-order chi connectivity index (χ1) is 9.63. The summed E-state index contributed by atoms with van der Waals surface area (Å²) in [5, 5.41) is 3.16. The number of carbonyl (C=O) groups excluding carboxylic acids is 1. The summed E-state index contributed by atoms with van der Waals surface area (Å²) in [6.45, 7) is 1.95. The second-order valence-electron chi connectivity index (χ2n) is 4.54. The van der Waals surface area contributed by atoms with E-state index in [0.717, 1.165) is 16.8 Å². The zero-order valence-electron chi connectivity index (χ0n) is 11.6. The van der Waals surface area contributed by atoms with Crippen molar-refractivity contribution in [2.45, 2.75) is 13.0 Å². The lowest BCUT2D eigenvalue weighted by Crippen LogP contribution is -2.28. The summed E-state index contributed by atoms with van der Waals surface area (Å²) in [6.07, 6.45) is 0. The first-order valence-corrected chi connectivity index (χ1v) is 6.38. The van der Waals surface area contributed by atoms with Crippen LogP contribution in [0.4, 0.5) is 5.69 Å². The molecule has 20 heavy (non-hydrogen) atoms. The highest BCUT2D eigenvalue weighted by atomic mass is 16.5. The fourth-order valence-electron chi connectivity index (χ4n) is 2.13. The minimum Gasteiger partial charge on any atom is -0.495 e. The van der Waals surface area contributed by atoms with Gasteiger partial charge in [-0.05, 0) is 30.2 Å². The van der Waals surface area contributed by atoms with Crippen molar-refractivity contribution in [2.24, 2.45) is 5.73 Å². The Bertz CT molecular complexity index is 611. The normalized spacial score (nSPS) is 11.7. The van der Waals surface area contributed by atoms with Gasteiger partial charge in [-0.1, -0.05) is 36.4 Å². The topological polar surface area (TPSA) is 64.3 Å². The average Bonchev–Trinajstić information content (AvgIpc) is 2.46. The lowest BCUT2D eigenvalue weighted by molar-refractivity contribution is -0.118. The number of carbonyl (C=O) groups is 1. The quantitative estimate of drug-likeness (QED) is 0.877. The summed E-state index contributed by atoms with van der Waals surface area (Å²) < 4.78 is 5.28. The predicted octanol–water partition coefficient (Wildman–Crippen LogP) is 2.64. The molecule has 0 aliphatic rings. The van der Waals surface area contributed by atoms with Gasteiger partial charge >= 0.3 is 0 Å². The average molecular weight is 270 g/mol. The molecule has 0 radical (unpaired) electrons. The van der Waals surface area contributed by atoms with E-state index in [1.54, 1.807) is 7.11 Å². The van der Waals surface area contributed by atoms with Gasteiger partial charge in [-0.15, -0.1) is 0 Å². The maximum atomic E-state index is 11.8. The zero-order chi connectivity index (χ0) is 14.5. The standard InChI is InChI=1S/C16H18N2O2/c1-11-7-3-4-8-12(11)15(16(17)19)18-13-9-5-6-10-14(13)20-2/h3-10,15,18H,1-2H3,(H2,17,19). The predicted molar refractivity (Wildman–Crippen MR) is 79.7 cm³/mol. The lowest BCUT2D eigenvalue weighted by Gasteiger charge is -2.20. The van der Waals surface area contributed by atoms with Crippen molar-refractivity contribution in [1.29, 1.82) is 0 Å². The van der Waals surface area contributed by atoms with Gasteiger partial charge in [-0.25, -0.2) is 0 Å². The molecular weight excluding hydrogens is 252 g/mol. The smallest absolute Gasteiger partial charge is 0.244 e. The monoisotopic (exact) mass is 270 g/mol. The van der Waals surface area contributed by atoms with Crippen LogP contribution in [0.2, 0.25) is 0 Å². The van der Waals surface area contributed by atoms with E-state index in [1.165, 1.54) is 0 Å². The van der Waals surface area contributed by atoms with Crippen LogP contribution < -0.4 is 15.8 Å². The number of nitrogens with two attached hydrogens (primary N) is 1. The SMILES string of the molecule is COc1ccccc1NC(C(N)=O)c1ccccc1C. The first-order valence-electron chi connectivity index (χ1n) is 6.38. The molecule has 3 N–H and O–H groups in total. The Morgan fingerprint density at radius 1 is 1.15 bits per heavy atom. The van der Waals surface area contributed by atoms with Gasteiger partial charge in [-0.2, -0.15) is 0 Å². The molecule has 0 fully saturated rings. The number of nitrogens with one attached hydrogen (secondary N) is 1. The molecule has 2 aromatic carbocycles. The summed E-state index contributed by atoms with van der Waals surface area (Å²) in [5.74, 6) is 0.248. The molecule has 104 valence electrons. The maximum absolute atomic E-state index is 11.8. The summed E-state index contributed by atoms with van der Waals surface area (Å²) in [5.41, 5.74) is 8.15. The molecule has 1 amide bonds. The van der Waals surface area contributed by atoms with Gasteiger partial charge in [0.2, 0.25) is 5.91 Å². The largest absolute Gasteiger partial charge is 0.495 e. The van der Waals surface area contributed by atoms with Crippen LogP contribution in [-0.4, -0.2) is 13.0 Å². The molecule has 0 aliphatic heterocycles. The molecule has 0 heterocycles. The highest BCUT2D eigenvalue weighted by molar-refractivity contribution is 5.85. The molecule has 0 aliphatic carbocycles. The van der Waals surface area contributed by atoms with Gasteiger partial charge in [0.25, 0.3) is 0 Å². The molecule has 0 spiro atoms. The van der Waals surface area contributed by atoms with Crippen LogP contribution in [0.1, 0.15) is 17.2 Å². The van der Waals surface area contributed by atoms with Crippen molar-refractivity contribution < 1.29 is 9.53 Å². The number of aryl methyl sites for hydroxylation is 1. The minimum atomic E-state index is -0.590. The van der Waals surface area contributed by atoms with Gasteiger partial charge in [-0.3, -0.25) is 4.79 Å². The van der Waals surface area contributed by atoms with E-state index in [1.807, 2.05) is 55.5 Å². The van der Waals surface area contributed by atoms with E-state index >= 15 is 0 Å². The number of primary amides is 1. The Morgan fingerprint density at radius 2 is 1.80 bits per heavy atom. The number of para-hydroxylation sites is 2. The van der Waals surface area contributed by atoms with Crippen molar-refractivity contribution in [3.05, 3.63) is 59.7 Å². The van der Waals surface area contributed by atoms with Crippen LogP contribution in [0.3, 0.4) is 0 Å². The Balaban J connectivity index is 2.36. The number of rotatable bonds is 5. The highest BCUT2D eigenvalue weighted by Gasteiger charge is 2.20. The van der Waals surface area contributed by atoms with Crippen molar-refractivity contribution in [3.63, 3.8) is 0 Å². The highest BCUT2D eigenvalue weighted by Crippen LogP contribution is 2.28. The molecule has 0 saturated carbocycles. The zero-order valence-corrected chi connectivity index (χ0v) is 11.6. The molecule has 0 saturated heterocycles. The second kappa shape index (κ2) is 6.10. The maximum Gasteiger partial charge on any atom is 0.244 e. The summed E-state index contributed by atoms with van der Waals surface area (Å²) >= 11 is 0. The van der Waals surface area contributed by atoms with E-state index in [9.17, 15) is 4.79 Å². The van der Waals surface area contributed by atoms with E-state index in [4.69, 9.17) is 10.5 Å². The molecule has 0 bridgehead atoms. The van der Waals surface area contributed by atoms with Gasteiger partial charge in [0.1, 0.15) is 11.8 Å². The van der Waals surface area contributed by atoms with Crippen molar-refractivity contribution in [1.82, 2.24) is 0 Å². The van der Waals surface area contributed by atoms with Crippen molar-refractivity contribution in [3.8, 4) is 5.75 Å². The first kappa shape index (κ1) is 13.9. The number of amides is 1. The van der Waals surface area contributed by atoms with Gasteiger partial charge in [0.15, 0.2) is 0 Å². The van der Waals surface area contributed by atoms with E-state index in [0.29, 0.717) is 5.75 Å². The molecule has 0 aromatic heterocycles. The second-order valence-corrected chi connectivity index (χ2v) is 4.54. The van der Waals surface area contributed by atoms with Gasteiger partial charge < -0.3 is 15.8 Å². The van der Waals surface area contributed by atoms with E-state index < -0.39 is 11.9 Å². The number of hydrogen-bond donors (Lipinski definition) is 2. The van der Waals surface area contributed by atoms with Crippen LogP contribution in [0.25, 0.3) is 0 Å². The van der Waals surface area contributed by atoms with E-state index in [2.05, 4.69) is 5.32 Å². The van der Waals surface area contributed by atoms with Crippen LogP contribution >= 0.6 is 0 Å². The molecular formula is C16H18N2O2. The number of benzene rings is 2. The molecule has 4 heteroatoms. The molecule has 2 rings (SSSR count). The van der Waals surface area contributed by atoms with Crippen LogP contribution in [0.5, 0.6) is 5.75 Å². The van der Waals surface area contributed by atoms with Crippen molar-refractivity contribution in [2.75, 3.05) is 12.4 Å². The van der Waals surface area contributed by atoms with Crippen LogP contribution in [0.15, 0.2) is 48.5 Å². The van der Waals surface area contributed by atoms with E-state index in [-0.39, 0.29) is 0 Å². The molecule has 2 aromatic rings. The third kappa shape index (κ3) is 2.91. The van der Waals surface area contributed by atoms with Gasteiger partial charge in [0.05, 0.1) is 12.8 Å². The number of methoxy groups -OCH3 is 1. The Hall–Kier alpha value is -2.49.